The average molecular weight is 144 g/mol. The normalized spacial score (nSPS) is 13.1. The fourth-order valence-corrected chi connectivity index (χ4v) is 0.808. The summed E-state index contributed by atoms with van der Waals surface area (Å²) in [6.45, 7) is 6.43. The molecule has 0 saturated carbocycles. The molecule has 0 unspecified atom stereocenters. The molecule has 2 heteroatoms. The Morgan fingerprint density at radius 2 is 2.10 bits per heavy atom. The van der Waals surface area contributed by atoms with E-state index in [1.165, 1.54) is 0 Å². The molecule has 60 valence electrons. The van der Waals surface area contributed by atoms with E-state index in [0.29, 0.717) is 19.4 Å². The van der Waals surface area contributed by atoms with E-state index in [0.717, 1.165) is 0 Å². The standard InChI is InChI=1S/C8H16O2/c1-4-8(9)6-7(3)10-5-2/h7H,4-6H2,1-3H3/t7-/m1/s1. The van der Waals surface area contributed by atoms with Gasteiger partial charge in [-0.15, -0.1) is 0 Å². The van der Waals surface area contributed by atoms with Gasteiger partial charge in [0.1, 0.15) is 5.78 Å². The molecule has 0 amide bonds. The maximum absolute atomic E-state index is 10.8. The summed E-state index contributed by atoms with van der Waals surface area (Å²) in [6, 6.07) is 0. The van der Waals surface area contributed by atoms with E-state index in [1.807, 2.05) is 20.8 Å². The first-order valence-corrected chi connectivity index (χ1v) is 3.84. The number of ether oxygens (including phenoxy) is 1. The van der Waals surface area contributed by atoms with Crippen LogP contribution in [0, 0.1) is 0 Å². The molecule has 0 rings (SSSR count). The van der Waals surface area contributed by atoms with Gasteiger partial charge in [0.25, 0.3) is 0 Å². The van der Waals surface area contributed by atoms with Crippen LogP contribution in [0.25, 0.3) is 0 Å². The zero-order chi connectivity index (χ0) is 7.98. The molecule has 0 aromatic heterocycles. The molecule has 1 atom stereocenters. The molecule has 0 aliphatic carbocycles. The smallest absolute Gasteiger partial charge is 0.135 e. The molecular weight excluding hydrogens is 128 g/mol. The second-order valence-corrected chi connectivity index (χ2v) is 2.36. The Morgan fingerprint density at radius 1 is 1.50 bits per heavy atom. The zero-order valence-electron chi connectivity index (χ0n) is 7.02. The van der Waals surface area contributed by atoms with E-state index in [2.05, 4.69) is 0 Å². The minimum absolute atomic E-state index is 0.0949. The Kier molecular flexibility index (Phi) is 5.22. The largest absolute Gasteiger partial charge is 0.378 e. The lowest BCUT2D eigenvalue weighted by atomic mass is 10.1. The van der Waals surface area contributed by atoms with Crippen LogP contribution in [0.15, 0.2) is 0 Å². The van der Waals surface area contributed by atoms with Crippen molar-refractivity contribution in [2.75, 3.05) is 6.61 Å². The van der Waals surface area contributed by atoms with Crippen molar-refractivity contribution in [3.05, 3.63) is 0 Å². The van der Waals surface area contributed by atoms with Crippen molar-refractivity contribution in [3.63, 3.8) is 0 Å². The molecule has 0 radical (unpaired) electrons. The zero-order valence-corrected chi connectivity index (χ0v) is 7.02. The Labute approximate surface area is 62.6 Å². The van der Waals surface area contributed by atoms with Crippen molar-refractivity contribution in [1.82, 2.24) is 0 Å². The summed E-state index contributed by atoms with van der Waals surface area (Å²) in [5, 5.41) is 0. The first-order valence-electron chi connectivity index (χ1n) is 3.84. The van der Waals surface area contributed by atoms with E-state index in [4.69, 9.17) is 4.74 Å². The topological polar surface area (TPSA) is 26.3 Å². The first-order chi connectivity index (χ1) is 4.70. The van der Waals surface area contributed by atoms with Crippen LogP contribution in [0.2, 0.25) is 0 Å². The monoisotopic (exact) mass is 144 g/mol. The Morgan fingerprint density at radius 3 is 2.50 bits per heavy atom. The number of Topliss-reactive ketones (excluding diaryl/α,β-unsaturated/α-hetero) is 1. The highest BCUT2D eigenvalue weighted by molar-refractivity contribution is 5.78. The SMILES string of the molecule is CCO[C@H](C)CC(=O)CC. The lowest BCUT2D eigenvalue weighted by Gasteiger charge is -2.08. The third kappa shape index (κ3) is 4.50. The van der Waals surface area contributed by atoms with E-state index < -0.39 is 0 Å². The van der Waals surface area contributed by atoms with Crippen molar-refractivity contribution >= 4 is 5.78 Å². The van der Waals surface area contributed by atoms with E-state index in [-0.39, 0.29) is 11.9 Å². The van der Waals surface area contributed by atoms with Gasteiger partial charge < -0.3 is 4.74 Å². The predicted octanol–water partition coefficient (Wildman–Crippen LogP) is 1.78. The molecule has 10 heavy (non-hydrogen) atoms. The summed E-state index contributed by atoms with van der Waals surface area (Å²) in [5.74, 6) is 0.279. The highest BCUT2D eigenvalue weighted by atomic mass is 16.5. The summed E-state index contributed by atoms with van der Waals surface area (Å²) in [6.07, 6.45) is 1.28. The predicted molar refractivity (Wildman–Crippen MR) is 41.0 cm³/mol. The Hall–Kier alpha value is -0.370. The summed E-state index contributed by atoms with van der Waals surface area (Å²) < 4.78 is 5.19. The highest BCUT2D eigenvalue weighted by Crippen LogP contribution is 1.99. The van der Waals surface area contributed by atoms with Crippen LogP contribution in [-0.2, 0) is 9.53 Å². The van der Waals surface area contributed by atoms with E-state index >= 15 is 0 Å². The van der Waals surface area contributed by atoms with Crippen LogP contribution >= 0.6 is 0 Å². The number of ketones is 1. The fraction of sp³-hybridized carbons (Fsp3) is 0.875. The number of hydrogen-bond donors (Lipinski definition) is 0. The first kappa shape index (κ1) is 9.63. The third-order valence-electron chi connectivity index (χ3n) is 1.36. The third-order valence-corrected chi connectivity index (χ3v) is 1.36. The van der Waals surface area contributed by atoms with Crippen LogP contribution in [0.1, 0.15) is 33.6 Å². The van der Waals surface area contributed by atoms with Gasteiger partial charge in [0.2, 0.25) is 0 Å². The van der Waals surface area contributed by atoms with Crippen LogP contribution in [-0.4, -0.2) is 18.5 Å². The Balaban J connectivity index is 3.37. The van der Waals surface area contributed by atoms with Crippen LogP contribution in [0.3, 0.4) is 0 Å². The molecule has 0 bridgehead atoms. The van der Waals surface area contributed by atoms with Gasteiger partial charge in [-0.1, -0.05) is 6.92 Å². The number of carbonyl (C=O) groups excluding carboxylic acids is 1. The van der Waals surface area contributed by atoms with Gasteiger partial charge >= 0.3 is 0 Å². The fourth-order valence-electron chi connectivity index (χ4n) is 0.808. The molecule has 0 spiro atoms. The van der Waals surface area contributed by atoms with Crippen LogP contribution in [0.5, 0.6) is 0 Å². The molecule has 0 aromatic rings. The maximum atomic E-state index is 10.8. The van der Waals surface area contributed by atoms with Crippen molar-refractivity contribution < 1.29 is 9.53 Å². The summed E-state index contributed by atoms with van der Waals surface area (Å²) in [7, 11) is 0. The molecule has 0 N–H and O–H groups in total. The van der Waals surface area contributed by atoms with Crippen molar-refractivity contribution in [1.29, 1.82) is 0 Å². The molecule has 0 fully saturated rings. The van der Waals surface area contributed by atoms with Gasteiger partial charge in [-0.2, -0.15) is 0 Å². The number of hydrogen-bond acceptors (Lipinski definition) is 2. The second-order valence-electron chi connectivity index (χ2n) is 2.36. The van der Waals surface area contributed by atoms with Gasteiger partial charge in [-0.05, 0) is 13.8 Å². The summed E-state index contributed by atoms with van der Waals surface area (Å²) in [4.78, 5) is 10.8. The molecule has 0 aliphatic heterocycles. The molecule has 0 aliphatic rings. The minimum Gasteiger partial charge on any atom is -0.378 e. The minimum atomic E-state index is 0.0949. The molecular formula is C8H16O2. The van der Waals surface area contributed by atoms with Gasteiger partial charge in [0.15, 0.2) is 0 Å². The lowest BCUT2D eigenvalue weighted by Crippen LogP contribution is -2.13. The van der Waals surface area contributed by atoms with Gasteiger partial charge in [-0.3, -0.25) is 4.79 Å². The van der Waals surface area contributed by atoms with Gasteiger partial charge in [0.05, 0.1) is 6.10 Å². The van der Waals surface area contributed by atoms with Crippen molar-refractivity contribution in [3.8, 4) is 0 Å². The number of carbonyl (C=O) groups is 1. The van der Waals surface area contributed by atoms with Crippen molar-refractivity contribution in [2.45, 2.75) is 39.7 Å². The number of rotatable bonds is 5. The lowest BCUT2D eigenvalue weighted by molar-refractivity contribution is -0.121. The highest BCUT2D eigenvalue weighted by Gasteiger charge is 2.05. The molecule has 0 heterocycles. The van der Waals surface area contributed by atoms with E-state index in [1.54, 1.807) is 0 Å². The average Bonchev–Trinajstić information content (AvgIpc) is 1.88. The second kappa shape index (κ2) is 5.42. The Bertz CT molecular complexity index is 99.4. The van der Waals surface area contributed by atoms with Gasteiger partial charge in [-0.25, -0.2) is 0 Å². The van der Waals surface area contributed by atoms with E-state index in [9.17, 15) is 4.79 Å². The molecule has 0 aromatic carbocycles. The van der Waals surface area contributed by atoms with Crippen LogP contribution < -0.4 is 0 Å². The summed E-state index contributed by atoms with van der Waals surface area (Å²) >= 11 is 0. The van der Waals surface area contributed by atoms with Crippen LogP contribution in [0.4, 0.5) is 0 Å². The quantitative estimate of drug-likeness (QED) is 0.588. The summed E-state index contributed by atoms with van der Waals surface area (Å²) in [5.41, 5.74) is 0. The maximum Gasteiger partial charge on any atom is 0.135 e. The van der Waals surface area contributed by atoms with Gasteiger partial charge in [0, 0.05) is 19.4 Å². The van der Waals surface area contributed by atoms with Crippen molar-refractivity contribution in [2.24, 2.45) is 0 Å². The molecule has 2 nitrogen and oxygen atoms in total. The molecule has 0 saturated heterocycles.